The first-order chi connectivity index (χ1) is 11.3. The lowest BCUT2D eigenvalue weighted by Gasteiger charge is -2.30. The lowest BCUT2D eigenvalue weighted by molar-refractivity contribution is 0.233. The fourth-order valence-electron chi connectivity index (χ4n) is 3.39. The molecule has 2 aromatic heterocycles. The van der Waals surface area contributed by atoms with E-state index in [1.165, 1.54) is 53.4 Å². The predicted molar refractivity (Wildman–Crippen MR) is 90.9 cm³/mol. The van der Waals surface area contributed by atoms with E-state index in [1.54, 1.807) is 0 Å². The zero-order chi connectivity index (χ0) is 15.6. The van der Waals surface area contributed by atoms with Crippen LogP contribution >= 0.6 is 11.3 Å². The lowest BCUT2D eigenvalue weighted by atomic mass is 10.0. The third kappa shape index (κ3) is 2.72. The number of hydrogen-bond acceptors (Lipinski definition) is 5. The first kappa shape index (κ1) is 14.7. The summed E-state index contributed by atoms with van der Waals surface area (Å²) < 4.78 is 1.54. The molecule has 1 aliphatic heterocycles. The van der Waals surface area contributed by atoms with Crippen LogP contribution < -0.4 is 0 Å². The highest BCUT2D eigenvalue weighted by Crippen LogP contribution is 2.40. The van der Waals surface area contributed by atoms with E-state index in [0.717, 1.165) is 22.9 Å². The molecule has 1 atom stereocenters. The molecule has 3 heterocycles. The quantitative estimate of drug-likeness (QED) is 0.800. The number of aromatic hydroxyl groups is 1. The Labute approximate surface area is 139 Å². The van der Waals surface area contributed by atoms with Crippen LogP contribution in [0.4, 0.5) is 0 Å². The molecule has 5 nitrogen and oxygen atoms in total. The van der Waals surface area contributed by atoms with Crippen LogP contribution in [-0.2, 0) is 0 Å². The van der Waals surface area contributed by atoms with Gasteiger partial charge in [-0.3, -0.25) is 4.90 Å². The number of aromatic nitrogens is 3. The largest absolute Gasteiger partial charge is 0.492 e. The van der Waals surface area contributed by atoms with Crippen molar-refractivity contribution in [1.82, 2.24) is 19.5 Å². The Bertz CT molecular complexity index is 774. The van der Waals surface area contributed by atoms with Crippen LogP contribution in [-0.4, -0.2) is 37.7 Å². The number of thiazole rings is 1. The summed E-state index contributed by atoms with van der Waals surface area (Å²) in [5, 5.41) is 14.8. The van der Waals surface area contributed by atoms with Crippen LogP contribution in [0.2, 0.25) is 0 Å². The first-order valence-corrected chi connectivity index (χ1v) is 8.96. The van der Waals surface area contributed by atoms with Crippen LogP contribution in [0.3, 0.4) is 0 Å². The maximum Gasteiger partial charge on any atom is 0.230 e. The van der Waals surface area contributed by atoms with E-state index in [0.29, 0.717) is 0 Å². The summed E-state index contributed by atoms with van der Waals surface area (Å²) in [4.78, 5) is 8.41. The first-order valence-electron chi connectivity index (χ1n) is 8.15. The molecule has 3 aromatic rings. The molecule has 0 bridgehead atoms. The molecule has 0 saturated carbocycles. The fourth-order valence-corrected chi connectivity index (χ4v) is 4.48. The van der Waals surface area contributed by atoms with Crippen LogP contribution in [0.25, 0.3) is 4.96 Å². The molecule has 1 fully saturated rings. The Balaban J connectivity index is 1.80. The Morgan fingerprint density at radius 3 is 2.48 bits per heavy atom. The average Bonchev–Trinajstić information content (AvgIpc) is 3.04. The van der Waals surface area contributed by atoms with E-state index in [4.69, 9.17) is 0 Å². The Morgan fingerprint density at radius 2 is 1.78 bits per heavy atom. The third-order valence-corrected chi connectivity index (χ3v) is 5.59. The highest BCUT2D eigenvalue weighted by atomic mass is 32.1. The van der Waals surface area contributed by atoms with Crippen molar-refractivity contribution in [3.63, 3.8) is 0 Å². The summed E-state index contributed by atoms with van der Waals surface area (Å²) in [6.45, 7) is 2.12. The van der Waals surface area contributed by atoms with Gasteiger partial charge < -0.3 is 5.11 Å². The summed E-state index contributed by atoms with van der Waals surface area (Å²) in [5.41, 5.74) is 1.22. The molecule has 0 amide bonds. The van der Waals surface area contributed by atoms with Gasteiger partial charge in [0.2, 0.25) is 10.8 Å². The van der Waals surface area contributed by atoms with Gasteiger partial charge in [0, 0.05) is 0 Å². The van der Waals surface area contributed by atoms with Crippen LogP contribution in [0.5, 0.6) is 5.88 Å². The van der Waals surface area contributed by atoms with Gasteiger partial charge in [0.25, 0.3) is 0 Å². The Hall–Kier alpha value is -1.92. The second kappa shape index (κ2) is 6.29. The topological polar surface area (TPSA) is 53.7 Å². The van der Waals surface area contributed by atoms with E-state index in [-0.39, 0.29) is 11.9 Å². The summed E-state index contributed by atoms with van der Waals surface area (Å²) in [6.07, 6.45) is 6.49. The Morgan fingerprint density at radius 1 is 1.04 bits per heavy atom. The number of benzene rings is 1. The van der Waals surface area contributed by atoms with E-state index in [2.05, 4.69) is 39.2 Å². The van der Waals surface area contributed by atoms with Gasteiger partial charge in [-0.25, -0.2) is 4.98 Å². The lowest BCUT2D eigenvalue weighted by Crippen LogP contribution is -2.30. The summed E-state index contributed by atoms with van der Waals surface area (Å²) in [7, 11) is 0. The van der Waals surface area contributed by atoms with Crippen molar-refractivity contribution in [2.24, 2.45) is 0 Å². The molecule has 23 heavy (non-hydrogen) atoms. The molecular weight excluding hydrogens is 308 g/mol. The van der Waals surface area contributed by atoms with Crippen molar-refractivity contribution in [3.8, 4) is 5.88 Å². The van der Waals surface area contributed by atoms with Gasteiger partial charge in [-0.1, -0.05) is 54.5 Å². The molecule has 0 radical (unpaired) electrons. The maximum atomic E-state index is 10.7. The van der Waals surface area contributed by atoms with Gasteiger partial charge in [0.05, 0.1) is 10.9 Å². The van der Waals surface area contributed by atoms with Crippen molar-refractivity contribution in [2.45, 2.75) is 31.7 Å². The minimum Gasteiger partial charge on any atom is -0.492 e. The van der Waals surface area contributed by atoms with Gasteiger partial charge in [-0.2, -0.15) is 9.61 Å². The van der Waals surface area contributed by atoms with E-state index < -0.39 is 0 Å². The van der Waals surface area contributed by atoms with Gasteiger partial charge in [-0.15, -0.1) is 0 Å². The van der Waals surface area contributed by atoms with Crippen molar-refractivity contribution in [3.05, 3.63) is 47.1 Å². The van der Waals surface area contributed by atoms with Crippen molar-refractivity contribution in [1.29, 1.82) is 0 Å². The SMILES string of the molecule is Oc1c([C@H](c2ccccc2)N2CCCCCC2)sc2ncnn12. The molecule has 0 unspecified atom stereocenters. The van der Waals surface area contributed by atoms with E-state index in [1.807, 2.05) is 6.07 Å². The number of nitrogens with zero attached hydrogens (tertiary/aromatic N) is 4. The second-order valence-electron chi connectivity index (χ2n) is 6.01. The van der Waals surface area contributed by atoms with Crippen LogP contribution in [0.1, 0.15) is 42.2 Å². The molecule has 4 rings (SSSR count). The number of rotatable bonds is 3. The van der Waals surface area contributed by atoms with Gasteiger partial charge in [0.1, 0.15) is 6.33 Å². The van der Waals surface area contributed by atoms with E-state index in [9.17, 15) is 5.11 Å². The molecule has 120 valence electrons. The summed E-state index contributed by atoms with van der Waals surface area (Å²) in [6, 6.07) is 10.5. The number of likely N-dealkylation sites (tertiary alicyclic amines) is 1. The molecule has 0 spiro atoms. The second-order valence-corrected chi connectivity index (χ2v) is 7.02. The molecule has 1 aromatic carbocycles. The molecule has 6 heteroatoms. The van der Waals surface area contributed by atoms with Crippen molar-refractivity contribution < 1.29 is 5.11 Å². The van der Waals surface area contributed by atoms with Gasteiger partial charge in [-0.05, 0) is 31.5 Å². The molecule has 0 aliphatic carbocycles. The molecule has 1 aliphatic rings. The Kier molecular flexibility index (Phi) is 4.01. The molecular formula is C17H20N4OS. The van der Waals surface area contributed by atoms with Crippen molar-refractivity contribution >= 4 is 16.3 Å². The van der Waals surface area contributed by atoms with Crippen molar-refractivity contribution in [2.75, 3.05) is 13.1 Å². The van der Waals surface area contributed by atoms with E-state index >= 15 is 0 Å². The molecule has 1 N–H and O–H groups in total. The third-order valence-electron chi connectivity index (χ3n) is 4.51. The molecule has 1 saturated heterocycles. The fraction of sp³-hybridized carbons (Fsp3) is 0.412. The summed E-state index contributed by atoms with van der Waals surface area (Å²) >= 11 is 1.53. The zero-order valence-electron chi connectivity index (χ0n) is 12.9. The van der Waals surface area contributed by atoms with Gasteiger partial charge >= 0.3 is 0 Å². The monoisotopic (exact) mass is 328 g/mol. The minimum absolute atomic E-state index is 0.0720. The van der Waals surface area contributed by atoms with Crippen LogP contribution in [0.15, 0.2) is 36.7 Å². The summed E-state index contributed by atoms with van der Waals surface area (Å²) in [5.74, 6) is 0.223. The zero-order valence-corrected chi connectivity index (χ0v) is 13.7. The predicted octanol–water partition coefficient (Wildman–Crippen LogP) is 3.46. The number of hydrogen-bond donors (Lipinski definition) is 1. The smallest absolute Gasteiger partial charge is 0.230 e. The maximum absolute atomic E-state index is 10.7. The van der Waals surface area contributed by atoms with Crippen LogP contribution in [0, 0.1) is 0 Å². The number of fused-ring (bicyclic) bond motifs is 1. The van der Waals surface area contributed by atoms with Gasteiger partial charge in [0.15, 0.2) is 0 Å². The highest BCUT2D eigenvalue weighted by molar-refractivity contribution is 7.17. The standard InChI is InChI=1S/C17H20N4OS/c22-16-15(23-17-18-12-19-21(16)17)14(13-8-4-3-5-9-13)20-10-6-1-2-7-11-20/h3-5,8-9,12,14,22H,1-2,6-7,10-11H2/t14-/m0/s1. The average molecular weight is 328 g/mol. The minimum atomic E-state index is 0.0720. The highest BCUT2D eigenvalue weighted by Gasteiger charge is 2.29. The normalized spacial score (nSPS) is 18.1.